The van der Waals surface area contributed by atoms with Gasteiger partial charge in [-0.1, -0.05) is 6.92 Å². The van der Waals surface area contributed by atoms with Gasteiger partial charge in [-0.15, -0.1) is 0 Å². The zero-order chi connectivity index (χ0) is 12.1. The van der Waals surface area contributed by atoms with Gasteiger partial charge in [-0.3, -0.25) is 0 Å². The first-order valence-electron chi connectivity index (χ1n) is 5.80. The molecule has 0 spiro atoms. The molecule has 1 atom stereocenters. The van der Waals surface area contributed by atoms with Gasteiger partial charge in [0.05, 0.1) is 23.9 Å². The second-order valence-electron chi connectivity index (χ2n) is 3.88. The number of hydrogen-bond acceptors (Lipinski definition) is 5. The Kier molecular flexibility index (Phi) is 4.56. The van der Waals surface area contributed by atoms with E-state index in [1.165, 1.54) is 0 Å². The Balaban J connectivity index is 2.03. The van der Waals surface area contributed by atoms with Crippen LogP contribution in [0.1, 0.15) is 19.8 Å². The lowest BCUT2D eigenvalue weighted by Crippen LogP contribution is -2.17. The van der Waals surface area contributed by atoms with E-state index in [9.17, 15) is 0 Å². The molecule has 94 valence electrons. The Morgan fingerprint density at radius 1 is 1.65 bits per heavy atom. The van der Waals surface area contributed by atoms with E-state index in [0.717, 1.165) is 30.5 Å². The highest BCUT2D eigenvalue weighted by molar-refractivity contribution is 9.10. The van der Waals surface area contributed by atoms with Gasteiger partial charge in [0.1, 0.15) is 6.10 Å². The number of nitrogens with zero attached hydrogens (tertiary/aromatic N) is 2. The van der Waals surface area contributed by atoms with Crippen LogP contribution in [0.15, 0.2) is 10.7 Å². The summed E-state index contributed by atoms with van der Waals surface area (Å²) in [6.45, 7) is 4.34. The van der Waals surface area contributed by atoms with Gasteiger partial charge in [0, 0.05) is 13.0 Å². The number of aromatic nitrogens is 2. The Hall–Kier alpha value is -0.880. The van der Waals surface area contributed by atoms with Crippen LogP contribution in [0, 0.1) is 0 Å². The maximum atomic E-state index is 5.76. The molecule has 1 fully saturated rings. The Morgan fingerprint density at radius 3 is 3.24 bits per heavy atom. The van der Waals surface area contributed by atoms with E-state index >= 15 is 0 Å². The second kappa shape index (κ2) is 6.16. The van der Waals surface area contributed by atoms with E-state index in [4.69, 9.17) is 9.47 Å². The van der Waals surface area contributed by atoms with Crippen LogP contribution in [0.3, 0.4) is 0 Å². The fourth-order valence-corrected chi connectivity index (χ4v) is 1.80. The summed E-state index contributed by atoms with van der Waals surface area (Å²) < 4.78 is 11.8. The highest BCUT2D eigenvalue weighted by Gasteiger charge is 2.19. The van der Waals surface area contributed by atoms with Gasteiger partial charge in [0.2, 0.25) is 11.8 Å². The maximum absolute atomic E-state index is 5.76. The van der Waals surface area contributed by atoms with Crippen molar-refractivity contribution in [3.05, 3.63) is 10.7 Å². The predicted molar refractivity (Wildman–Crippen MR) is 68.4 cm³/mol. The van der Waals surface area contributed by atoms with E-state index in [1.54, 1.807) is 6.20 Å². The summed E-state index contributed by atoms with van der Waals surface area (Å²) in [5.74, 6) is 1.18. The average molecular weight is 302 g/mol. The van der Waals surface area contributed by atoms with Gasteiger partial charge in [0.25, 0.3) is 0 Å². The molecule has 1 aliphatic heterocycles. The standard InChI is InChI=1S/C11H16BrN3O2/c1-2-4-13-11-14-6-9(12)10(15-11)17-8-3-5-16-7-8/h6,8H,2-5,7H2,1H3,(H,13,14,15). The highest BCUT2D eigenvalue weighted by Crippen LogP contribution is 2.25. The first-order chi connectivity index (χ1) is 8.29. The molecule has 2 heterocycles. The summed E-state index contributed by atoms with van der Waals surface area (Å²) in [5, 5.41) is 3.13. The monoisotopic (exact) mass is 301 g/mol. The Labute approximate surface area is 109 Å². The average Bonchev–Trinajstić information content (AvgIpc) is 2.83. The van der Waals surface area contributed by atoms with E-state index in [0.29, 0.717) is 18.4 Å². The van der Waals surface area contributed by atoms with Crippen molar-refractivity contribution in [3.8, 4) is 5.88 Å². The molecule has 6 heteroatoms. The number of rotatable bonds is 5. The zero-order valence-electron chi connectivity index (χ0n) is 9.78. The minimum atomic E-state index is 0.0974. The van der Waals surface area contributed by atoms with Crippen molar-refractivity contribution >= 4 is 21.9 Å². The molecule has 0 radical (unpaired) electrons. The van der Waals surface area contributed by atoms with Gasteiger partial charge < -0.3 is 14.8 Å². The lowest BCUT2D eigenvalue weighted by Gasteiger charge is -2.13. The third-order valence-electron chi connectivity index (χ3n) is 2.41. The fourth-order valence-electron chi connectivity index (χ4n) is 1.52. The predicted octanol–water partition coefficient (Wildman–Crippen LogP) is 2.23. The first-order valence-corrected chi connectivity index (χ1v) is 6.59. The molecule has 1 aliphatic rings. The summed E-state index contributed by atoms with van der Waals surface area (Å²) in [4.78, 5) is 8.50. The van der Waals surface area contributed by atoms with Crippen LogP contribution in [0.25, 0.3) is 0 Å². The summed E-state index contributed by atoms with van der Waals surface area (Å²) in [6.07, 6.45) is 3.75. The molecular weight excluding hydrogens is 286 g/mol. The zero-order valence-corrected chi connectivity index (χ0v) is 11.4. The number of ether oxygens (including phenoxy) is 2. The van der Waals surface area contributed by atoms with Crippen molar-refractivity contribution in [2.24, 2.45) is 0 Å². The Bertz CT molecular complexity index is 370. The van der Waals surface area contributed by atoms with Gasteiger partial charge in [0.15, 0.2) is 0 Å². The number of halogens is 1. The van der Waals surface area contributed by atoms with E-state index in [1.807, 2.05) is 0 Å². The van der Waals surface area contributed by atoms with Crippen LogP contribution in [0.2, 0.25) is 0 Å². The lowest BCUT2D eigenvalue weighted by atomic mass is 10.3. The molecule has 2 rings (SSSR count). The topological polar surface area (TPSA) is 56.3 Å². The van der Waals surface area contributed by atoms with Crippen LogP contribution < -0.4 is 10.1 Å². The van der Waals surface area contributed by atoms with E-state index in [2.05, 4.69) is 38.1 Å². The van der Waals surface area contributed by atoms with Gasteiger partial charge >= 0.3 is 0 Å². The SMILES string of the molecule is CCCNc1ncc(Br)c(OC2CCOC2)n1. The smallest absolute Gasteiger partial charge is 0.233 e. The van der Waals surface area contributed by atoms with Crippen LogP contribution >= 0.6 is 15.9 Å². The molecule has 1 aromatic rings. The van der Waals surface area contributed by atoms with Crippen LogP contribution in [0.4, 0.5) is 5.95 Å². The van der Waals surface area contributed by atoms with Gasteiger partial charge in [-0.25, -0.2) is 4.98 Å². The molecule has 0 aromatic carbocycles. The van der Waals surface area contributed by atoms with Crippen molar-refractivity contribution in [1.29, 1.82) is 0 Å². The normalized spacial score (nSPS) is 19.3. The van der Waals surface area contributed by atoms with Crippen molar-refractivity contribution in [2.45, 2.75) is 25.9 Å². The summed E-state index contributed by atoms with van der Waals surface area (Å²) in [5.41, 5.74) is 0. The summed E-state index contributed by atoms with van der Waals surface area (Å²) >= 11 is 3.39. The second-order valence-corrected chi connectivity index (χ2v) is 4.73. The number of nitrogens with one attached hydrogen (secondary N) is 1. The minimum Gasteiger partial charge on any atom is -0.471 e. The molecule has 1 unspecified atom stereocenters. The third kappa shape index (κ3) is 3.54. The largest absolute Gasteiger partial charge is 0.471 e. The molecule has 5 nitrogen and oxygen atoms in total. The number of hydrogen-bond donors (Lipinski definition) is 1. The molecule has 1 N–H and O–H groups in total. The van der Waals surface area contributed by atoms with Crippen LogP contribution in [0.5, 0.6) is 5.88 Å². The van der Waals surface area contributed by atoms with Crippen molar-refractivity contribution in [3.63, 3.8) is 0 Å². The van der Waals surface area contributed by atoms with Crippen molar-refractivity contribution in [1.82, 2.24) is 9.97 Å². The van der Waals surface area contributed by atoms with E-state index in [-0.39, 0.29) is 6.10 Å². The highest BCUT2D eigenvalue weighted by atomic mass is 79.9. The molecule has 17 heavy (non-hydrogen) atoms. The third-order valence-corrected chi connectivity index (χ3v) is 2.96. The summed E-state index contributed by atoms with van der Waals surface area (Å²) in [6, 6.07) is 0. The lowest BCUT2D eigenvalue weighted by molar-refractivity contribution is 0.137. The van der Waals surface area contributed by atoms with Crippen molar-refractivity contribution < 1.29 is 9.47 Å². The quantitative estimate of drug-likeness (QED) is 0.904. The fraction of sp³-hybridized carbons (Fsp3) is 0.636. The Morgan fingerprint density at radius 2 is 2.53 bits per heavy atom. The maximum Gasteiger partial charge on any atom is 0.233 e. The molecule has 0 aliphatic carbocycles. The van der Waals surface area contributed by atoms with Gasteiger partial charge in [-0.2, -0.15) is 4.98 Å². The molecule has 1 aromatic heterocycles. The molecule has 1 saturated heterocycles. The minimum absolute atomic E-state index is 0.0974. The molecule has 0 amide bonds. The van der Waals surface area contributed by atoms with E-state index < -0.39 is 0 Å². The van der Waals surface area contributed by atoms with Crippen molar-refractivity contribution in [2.75, 3.05) is 25.1 Å². The summed E-state index contributed by atoms with van der Waals surface area (Å²) in [7, 11) is 0. The van der Waals surface area contributed by atoms with Crippen LogP contribution in [-0.4, -0.2) is 35.8 Å². The molecular formula is C11H16BrN3O2. The molecule has 0 saturated carbocycles. The number of anilines is 1. The first kappa shape index (κ1) is 12.6. The van der Waals surface area contributed by atoms with Crippen LogP contribution in [-0.2, 0) is 4.74 Å². The molecule has 0 bridgehead atoms. The van der Waals surface area contributed by atoms with Gasteiger partial charge in [-0.05, 0) is 22.4 Å².